The Balaban J connectivity index is 2.50. The lowest BCUT2D eigenvalue weighted by Crippen LogP contribution is -2.18. The molecule has 0 saturated carbocycles. The van der Waals surface area contributed by atoms with Gasteiger partial charge in [-0.15, -0.1) is 0 Å². The molecule has 0 bridgehead atoms. The van der Waals surface area contributed by atoms with Gasteiger partial charge in [0.25, 0.3) is 0 Å². The van der Waals surface area contributed by atoms with Crippen molar-refractivity contribution in [2.75, 3.05) is 5.73 Å². The molecule has 0 aromatic carbocycles. The lowest BCUT2D eigenvalue weighted by molar-refractivity contribution is 0.0308. The maximum Gasteiger partial charge on any atom is 0.359 e. The van der Waals surface area contributed by atoms with Gasteiger partial charge in [0, 0.05) is 7.05 Å². The van der Waals surface area contributed by atoms with Crippen LogP contribution in [0, 0.1) is 6.92 Å². The van der Waals surface area contributed by atoms with Crippen molar-refractivity contribution in [3.8, 4) is 0 Å². The number of hydrogen-bond donors (Lipinski definition) is 1. The van der Waals surface area contributed by atoms with Gasteiger partial charge >= 0.3 is 5.97 Å². The lowest BCUT2D eigenvalue weighted by Gasteiger charge is -2.13. The summed E-state index contributed by atoms with van der Waals surface area (Å²) < 4.78 is 6.89. The predicted molar refractivity (Wildman–Crippen MR) is 76.0 cm³/mol. The van der Waals surface area contributed by atoms with Gasteiger partial charge in [0.15, 0.2) is 5.69 Å². The molecule has 0 radical (unpaired) electrons. The fourth-order valence-corrected chi connectivity index (χ4v) is 2.07. The van der Waals surface area contributed by atoms with E-state index in [1.165, 1.54) is 23.9 Å². The number of carbonyl (C=O) groups excluding carboxylic acids is 1. The van der Waals surface area contributed by atoms with E-state index in [0.29, 0.717) is 17.1 Å². The van der Waals surface area contributed by atoms with E-state index >= 15 is 0 Å². The topological polar surface area (TPSA) is 70.1 Å². The summed E-state index contributed by atoms with van der Waals surface area (Å²) in [6.45, 7) is 5.88. The van der Waals surface area contributed by atoms with E-state index in [1.807, 2.05) is 6.92 Å². The Kier molecular flexibility index (Phi) is 5.86. The van der Waals surface area contributed by atoms with Crippen molar-refractivity contribution in [3.05, 3.63) is 11.4 Å². The smallest absolute Gasteiger partial charge is 0.359 e. The first-order chi connectivity index (χ1) is 8.97. The van der Waals surface area contributed by atoms with Crippen LogP contribution in [0.15, 0.2) is 0 Å². The fourth-order valence-electron chi connectivity index (χ4n) is 2.07. The molecule has 0 fully saturated rings. The summed E-state index contributed by atoms with van der Waals surface area (Å²) >= 11 is 0. The number of nitrogens with zero attached hydrogens (tertiary/aromatic N) is 2. The van der Waals surface area contributed by atoms with Gasteiger partial charge in [0.1, 0.15) is 0 Å². The average Bonchev–Trinajstić information content (AvgIpc) is 2.59. The van der Waals surface area contributed by atoms with Gasteiger partial charge < -0.3 is 10.5 Å². The van der Waals surface area contributed by atoms with Gasteiger partial charge in [-0.05, 0) is 26.7 Å². The van der Waals surface area contributed by atoms with Crippen molar-refractivity contribution < 1.29 is 9.53 Å². The number of unbranched alkanes of at least 4 members (excludes halogenated alkanes) is 3. The van der Waals surface area contributed by atoms with Gasteiger partial charge in [-0.1, -0.05) is 26.2 Å². The van der Waals surface area contributed by atoms with Crippen molar-refractivity contribution >= 4 is 11.7 Å². The summed E-state index contributed by atoms with van der Waals surface area (Å²) in [5, 5.41) is 4.12. The highest BCUT2D eigenvalue weighted by Gasteiger charge is 2.21. The number of ether oxygens (including phenoxy) is 1. The fraction of sp³-hybridized carbons (Fsp3) is 0.714. The third-order valence-electron chi connectivity index (χ3n) is 3.23. The molecule has 1 aromatic heterocycles. The lowest BCUT2D eigenvalue weighted by atomic mass is 10.1. The largest absolute Gasteiger partial charge is 0.458 e. The molecule has 0 saturated heterocycles. The Labute approximate surface area is 115 Å². The molecule has 0 aliphatic rings. The Morgan fingerprint density at radius 3 is 2.63 bits per heavy atom. The summed E-state index contributed by atoms with van der Waals surface area (Å²) in [5.74, 6) is -0.386. The van der Waals surface area contributed by atoms with E-state index in [2.05, 4.69) is 12.0 Å². The van der Waals surface area contributed by atoms with Gasteiger partial charge in [-0.2, -0.15) is 5.10 Å². The van der Waals surface area contributed by atoms with Crippen molar-refractivity contribution in [2.24, 2.45) is 7.05 Å². The minimum Gasteiger partial charge on any atom is -0.458 e. The number of aryl methyl sites for hydroxylation is 2. The SMILES string of the molecule is CCCCCCC(C)OC(=O)c1c(N)c(C)nn1C. The molecule has 108 valence electrons. The maximum absolute atomic E-state index is 12.0. The second kappa shape index (κ2) is 7.16. The number of carbonyl (C=O) groups is 1. The zero-order valence-electron chi connectivity index (χ0n) is 12.4. The highest BCUT2D eigenvalue weighted by Crippen LogP contribution is 2.18. The van der Waals surface area contributed by atoms with E-state index < -0.39 is 0 Å². The standard InChI is InChI=1S/C14H25N3O2/c1-5-6-7-8-9-10(2)19-14(18)13-12(15)11(3)16-17(13)4/h10H,5-9,15H2,1-4H3. The summed E-state index contributed by atoms with van der Waals surface area (Å²) in [4.78, 5) is 12.0. The van der Waals surface area contributed by atoms with Gasteiger partial charge in [0.2, 0.25) is 0 Å². The zero-order chi connectivity index (χ0) is 14.4. The van der Waals surface area contributed by atoms with E-state index in [9.17, 15) is 4.79 Å². The van der Waals surface area contributed by atoms with Crippen LogP contribution < -0.4 is 5.73 Å². The first-order valence-corrected chi connectivity index (χ1v) is 6.97. The summed E-state index contributed by atoms with van der Waals surface area (Å²) in [5.41, 5.74) is 7.25. The minimum atomic E-state index is -0.386. The second-order valence-electron chi connectivity index (χ2n) is 5.04. The quantitative estimate of drug-likeness (QED) is 0.609. The molecule has 0 aliphatic carbocycles. The van der Waals surface area contributed by atoms with Crippen LogP contribution >= 0.6 is 0 Å². The third kappa shape index (κ3) is 4.26. The molecule has 0 aliphatic heterocycles. The molecule has 19 heavy (non-hydrogen) atoms. The minimum absolute atomic E-state index is 0.0843. The number of nitrogen functional groups attached to an aromatic ring is 1. The van der Waals surface area contributed by atoms with E-state index in [1.54, 1.807) is 14.0 Å². The van der Waals surface area contributed by atoms with Crippen LogP contribution in [0.5, 0.6) is 0 Å². The maximum atomic E-state index is 12.0. The first kappa shape index (κ1) is 15.5. The van der Waals surface area contributed by atoms with Crippen LogP contribution in [-0.4, -0.2) is 21.9 Å². The summed E-state index contributed by atoms with van der Waals surface area (Å²) in [7, 11) is 1.70. The third-order valence-corrected chi connectivity index (χ3v) is 3.23. The van der Waals surface area contributed by atoms with Gasteiger partial charge in [-0.3, -0.25) is 4.68 Å². The van der Waals surface area contributed by atoms with Crippen molar-refractivity contribution in [1.29, 1.82) is 0 Å². The average molecular weight is 267 g/mol. The van der Waals surface area contributed by atoms with Crippen LogP contribution in [0.4, 0.5) is 5.69 Å². The van der Waals surface area contributed by atoms with Crippen molar-refractivity contribution in [1.82, 2.24) is 9.78 Å². The van der Waals surface area contributed by atoms with E-state index in [0.717, 1.165) is 12.8 Å². The molecule has 5 nitrogen and oxygen atoms in total. The molecule has 1 atom stereocenters. The number of nitrogens with two attached hydrogens (primary N) is 1. The summed E-state index contributed by atoms with van der Waals surface area (Å²) in [6.07, 6.45) is 5.52. The van der Waals surface area contributed by atoms with Crippen LogP contribution in [0.2, 0.25) is 0 Å². The van der Waals surface area contributed by atoms with E-state index in [-0.39, 0.29) is 12.1 Å². The first-order valence-electron chi connectivity index (χ1n) is 6.97. The van der Waals surface area contributed by atoms with Gasteiger partial charge in [0.05, 0.1) is 17.5 Å². The molecule has 5 heteroatoms. The molecule has 1 aromatic rings. The van der Waals surface area contributed by atoms with Crippen LogP contribution in [-0.2, 0) is 11.8 Å². The number of rotatable bonds is 7. The highest BCUT2D eigenvalue weighted by molar-refractivity contribution is 5.93. The van der Waals surface area contributed by atoms with Crippen LogP contribution in [0.1, 0.15) is 62.1 Å². The normalized spacial score (nSPS) is 12.4. The Hall–Kier alpha value is -1.52. The number of anilines is 1. The van der Waals surface area contributed by atoms with Crippen LogP contribution in [0.3, 0.4) is 0 Å². The molecule has 1 rings (SSSR count). The molecule has 0 spiro atoms. The molecule has 0 amide bonds. The predicted octanol–water partition coefficient (Wildman–Crippen LogP) is 2.83. The number of hydrogen-bond acceptors (Lipinski definition) is 4. The Bertz CT molecular complexity index is 427. The molecule has 2 N–H and O–H groups in total. The Morgan fingerprint density at radius 1 is 1.42 bits per heavy atom. The number of esters is 1. The highest BCUT2D eigenvalue weighted by atomic mass is 16.5. The second-order valence-corrected chi connectivity index (χ2v) is 5.04. The van der Waals surface area contributed by atoms with Crippen molar-refractivity contribution in [3.63, 3.8) is 0 Å². The number of aromatic nitrogens is 2. The van der Waals surface area contributed by atoms with Gasteiger partial charge in [-0.25, -0.2) is 4.79 Å². The zero-order valence-corrected chi connectivity index (χ0v) is 12.4. The molecular weight excluding hydrogens is 242 g/mol. The monoisotopic (exact) mass is 267 g/mol. The Morgan fingerprint density at radius 2 is 2.11 bits per heavy atom. The van der Waals surface area contributed by atoms with Crippen molar-refractivity contribution in [2.45, 2.75) is 59.0 Å². The molecule has 1 heterocycles. The van der Waals surface area contributed by atoms with E-state index in [4.69, 9.17) is 10.5 Å². The molecular formula is C14H25N3O2. The van der Waals surface area contributed by atoms with Crippen LogP contribution in [0.25, 0.3) is 0 Å². The molecule has 1 unspecified atom stereocenters. The summed E-state index contributed by atoms with van der Waals surface area (Å²) in [6, 6.07) is 0.